The van der Waals surface area contributed by atoms with Crippen molar-refractivity contribution < 1.29 is 0 Å². The summed E-state index contributed by atoms with van der Waals surface area (Å²) in [6.07, 6.45) is 3.46. The lowest BCUT2D eigenvalue weighted by Crippen LogP contribution is -2.62. The maximum absolute atomic E-state index is 2.71. The second-order valence-corrected chi connectivity index (χ2v) is 25.3. The lowest BCUT2D eigenvalue weighted by molar-refractivity contribution is 0.332. The molecule has 2 aliphatic heterocycles. The summed E-state index contributed by atoms with van der Waals surface area (Å²) in [6, 6.07) is 63.5. The lowest BCUT2D eigenvalue weighted by atomic mass is 9.33. The molecule has 0 aromatic heterocycles. The first-order chi connectivity index (χ1) is 33.7. The number of aryl methyl sites for hydroxylation is 1. The minimum atomic E-state index is -0.0373. The summed E-state index contributed by atoms with van der Waals surface area (Å²) in [7, 11) is 0. The fourth-order valence-electron chi connectivity index (χ4n) is 13.6. The van der Waals surface area contributed by atoms with Crippen LogP contribution in [0.25, 0.3) is 33.4 Å². The number of nitrogens with zero attached hydrogens (tertiary/aromatic N) is 2. The maximum atomic E-state index is 2.71. The molecule has 354 valence electrons. The Morgan fingerprint density at radius 1 is 0.408 bits per heavy atom. The van der Waals surface area contributed by atoms with Gasteiger partial charge in [0, 0.05) is 34.0 Å². The molecule has 0 bridgehead atoms. The predicted octanol–water partition coefficient (Wildman–Crippen LogP) is 16.7. The summed E-state index contributed by atoms with van der Waals surface area (Å²) in [5.41, 5.74) is 27.7. The Bertz CT molecular complexity index is 3460. The van der Waals surface area contributed by atoms with Crippen LogP contribution >= 0.6 is 0 Å². The molecule has 2 nitrogen and oxygen atoms in total. The van der Waals surface area contributed by atoms with Gasteiger partial charge in [0.2, 0.25) is 0 Å². The number of anilines is 6. The molecule has 4 aliphatic rings. The second-order valence-electron chi connectivity index (χ2n) is 25.3. The van der Waals surface area contributed by atoms with Gasteiger partial charge in [-0.05, 0) is 179 Å². The van der Waals surface area contributed by atoms with Crippen molar-refractivity contribution in [3.05, 3.63) is 197 Å². The quantitative estimate of drug-likeness (QED) is 0.159. The Morgan fingerprint density at radius 2 is 0.972 bits per heavy atom. The van der Waals surface area contributed by atoms with Crippen LogP contribution in [0.1, 0.15) is 129 Å². The molecule has 0 unspecified atom stereocenters. The van der Waals surface area contributed by atoms with E-state index in [-0.39, 0.29) is 33.8 Å². The van der Waals surface area contributed by atoms with Crippen LogP contribution in [0.5, 0.6) is 0 Å². The van der Waals surface area contributed by atoms with Crippen molar-refractivity contribution in [2.45, 2.75) is 129 Å². The molecule has 3 heteroatoms. The first kappa shape index (κ1) is 45.6. The number of fused-ring (bicyclic) bond motifs is 6. The van der Waals surface area contributed by atoms with E-state index in [4.69, 9.17) is 0 Å². The van der Waals surface area contributed by atoms with Gasteiger partial charge in [-0.15, -0.1) is 0 Å². The van der Waals surface area contributed by atoms with Crippen LogP contribution in [0, 0.1) is 6.92 Å². The smallest absolute Gasteiger partial charge is 0.252 e. The van der Waals surface area contributed by atoms with Crippen molar-refractivity contribution in [3.63, 3.8) is 0 Å². The second kappa shape index (κ2) is 15.7. The molecule has 0 saturated carbocycles. The van der Waals surface area contributed by atoms with E-state index in [0.717, 1.165) is 24.9 Å². The van der Waals surface area contributed by atoms with E-state index in [2.05, 4.69) is 257 Å². The zero-order valence-corrected chi connectivity index (χ0v) is 44.2. The highest BCUT2D eigenvalue weighted by atomic mass is 15.2. The number of rotatable bonds is 5. The summed E-state index contributed by atoms with van der Waals surface area (Å²) in [5, 5.41) is 0. The first-order valence-corrected chi connectivity index (χ1v) is 26.3. The largest absolute Gasteiger partial charge is 0.311 e. The molecule has 0 spiro atoms. The van der Waals surface area contributed by atoms with E-state index in [1.54, 1.807) is 0 Å². The van der Waals surface area contributed by atoms with Gasteiger partial charge in [0.15, 0.2) is 0 Å². The molecule has 8 aromatic carbocycles. The van der Waals surface area contributed by atoms with Crippen molar-refractivity contribution in [2.24, 2.45) is 0 Å². The molecule has 0 fully saturated rings. The monoisotopic (exact) mass is 925 g/mol. The van der Waals surface area contributed by atoms with Gasteiger partial charge in [0.1, 0.15) is 0 Å². The molecule has 8 aromatic rings. The van der Waals surface area contributed by atoms with Crippen LogP contribution in [-0.4, -0.2) is 6.71 Å². The van der Waals surface area contributed by atoms with Gasteiger partial charge in [0.25, 0.3) is 6.71 Å². The SMILES string of the molecule is Cc1cc2c3c(c1)N(c1ccc(C(C)(C)C)cc1-c1ccc4c(c1)C(C)(C)CC4(C)C)c1cc4c(cc1B3c1ccc(-c3ccccc3)cc1N2c1cccc(-c2ccccc2)c1)C(C)(C)CCC4(C)C. The average molecular weight is 925 g/mol. The topological polar surface area (TPSA) is 6.48 Å². The summed E-state index contributed by atoms with van der Waals surface area (Å²) in [6.45, 7) is 29.1. The molecule has 0 radical (unpaired) electrons. The van der Waals surface area contributed by atoms with Crippen molar-refractivity contribution in [3.8, 4) is 33.4 Å². The number of hydrogen-bond acceptors (Lipinski definition) is 2. The summed E-state index contributed by atoms with van der Waals surface area (Å²) < 4.78 is 0. The molecule has 0 amide bonds. The van der Waals surface area contributed by atoms with Crippen LogP contribution in [-0.2, 0) is 27.1 Å². The van der Waals surface area contributed by atoms with Gasteiger partial charge in [0.05, 0.1) is 5.69 Å². The summed E-state index contributed by atoms with van der Waals surface area (Å²) >= 11 is 0. The minimum Gasteiger partial charge on any atom is -0.311 e. The fourth-order valence-corrected chi connectivity index (χ4v) is 13.6. The van der Waals surface area contributed by atoms with Crippen molar-refractivity contribution >= 4 is 57.2 Å². The third-order valence-corrected chi connectivity index (χ3v) is 17.3. The van der Waals surface area contributed by atoms with Crippen LogP contribution < -0.4 is 26.2 Å². The molecule has 0 saturated heterocycles. The Hall–Kier alpha value is -6.58. The summed E-state index contributed by atoms with van der Waals surface area (Å²) in [5.74, 6) is 0. The van der Waals surface area contributed by atoms with E-state index in [0.29, 0.717) is 0 Å². The van der Waals surface area contributed by atoms with E-state index in [1.165, 1.54) is 112 Å². The van der Waals surface area contributed by atoms with Crippen LogP contribution in [0.15, 0.2) is 164 Å². The zero-order valence-electron chi connectivity index (χ0n) is 44.2. The Balaban J connectivity index is 1.19. The molecule has 0 atom stereocenters. The molecule has 0 N–H and O–H groups in total. The van der Waals surface area contributed by atoms with Gasteiger partial charge in [-0.2, -0.15) is 0 Å². The normalized spacial score (nSPS) is 17.5. The van der Waals surface area contributed by atoms with Gasteiger partial charge in [-0.1, -0.05) is 191 Å². The first-order valence-electron chi connectivity index (χ1n) is 26.3. The Kier molecular flexibility index (Phi) is 10.1. The molecular weight excluding hydrogens is 856 g/mol. The highest BCUT2D eigenvalue weighted by molar-refractivity contribution is 7.00. The van der Waals surface area contributed by atoms with Crippen molar-refractivity contribution in [1.29, 1.82) is 0 Å². The highest BCUT2D eigenvalue weighted by Gasteiger charge is 2.47. The molecular formula is C68H69BN2. The van der Waals surface area contributed by atoms with Gasteiger partial charge in [-0.3, -0.25) is 0 Å². The summed E-state index contributed by atoms with van der Waals surface area (Å²) in [4.78, 5) is 5.31. The molecule has 2 heterocycles. The third kappa shape index (κ3) is 7.27. The van der Waals surface area contributed by atoms with E-state index in [9.17, 15) is 0 Å². The maximum Gasteiger partial charge on any atom is 0.252 e. The van der Waals surface area contributed by atoms with Gasteiger partial charge in [-0.25, -0.2) is 0 Å². The predicted molar refractivity (Wildman–Crippen MR) is 306 cm³/mol. The van der Waals surface area contributed by atoms with E-state index in [1.807, 2.05) is 0 Å². The lowest BCUT2D eigenvalue weighted by Gasteiger charge is -2.48. The minimum absolute atomic E-state index is 0.00620. The zero-order chi connectivity index (χ0) is 49.6. The average Bonchev–Trinajstić information content (AvgIpc) is 3.53. The van der Waals surface area contributed by atoms with Gasteiger partial charge < -0.3 is 9.80 Å². The van der Waals surface area contributed by atoms with E-state index >= 15 is 0 Å². The standard InChI is InChI=1S/C68H69BN2/c1-43-34-61-63-62(35-43)71(58-31-28-49(64(2,3)4)39-51(58)48-26-29-52-53(37-48)68(11,12)42-67(52,9)10)60-41-55-54(65(5,6)32-33-66(55,7)8)40-57(60)69(63)56-30-27-47(45-22-17-14-18-23-45)38-59(56)70(61)50-25-19-24-46(36-50)44-20-15-13-16-21-44/h13-31,34-41H,32-33,42H2,1-12H3. The molecule has 12 rings (SSSR count). The highest BCUT2D eigenvalue weighted by Crippen LogP contribution is 2.54. The van der Waals surface area contributed by atoms with Crippen molar-refractivity contribution in [1.82, 2.24) is 0 Å². The number of benzene rings is 8. The Labute approximate surface area is 424 Å². The fraction of sp³-hybridized carbons (Fsp3) is 0.294. The van der Waals surface area contributed by atoms with E-state index < -0.39 is 0 Å². The van der Waals surface area contributed by atoms with Crippen LogP contribution in [0.4, 0.5) is 34.1 Å². The third-order valence-electron chi connectivity index (χ3n) is 17.3. The van der Waals surface area contributed by atoms with Crippen LogP contribution in [0.3, 0.4) is 0 Å². The number of hydrogen-bond donors (Lipinski definition) is 0. The Morgan fingerprint density at radius 3 is 1.63 bits per heavy atom. The van der Waals surface area contributed by atoms with Gasteiger partial charge >= 0.3 is 0 Å². The molecule has 2 aliphatic carbocycles. The van der Waals surface area contributed by atoms with Crippen LogP contribution in [0.2, 0.25) is 0 Å². The molecule has 71 heavy (non-hydrogen) atoms. The van der Waals surface area contributed by atoms with Crippen molar-refractivity contribution in [2.75, 3.05) is 9.80 Å².